The van der Waals surface area contributed by atoms with Crippen LogP contribution in [-0.2, 0) is 15.8 Å². The van der Waals surface area contributed by atoms with Gasteiger partial charge in [-0.25, -0.2) is 0 Å². The van der Waals surface area contributed by atoms with Crippen LogP contribution in [0.4, 0.5) is 18.9 Å². The summed E-state index contributed by atoms with van der Waals surface area (Å²) in [4.78, 5) is 25.8. The summed E-state index contributed by atoms with van der Waals surface area (Å²) >= 11 is 5.63. The lowest BCUT2D eigenvalue weighted by Crippen LogP contribution is -2.47. The van der Waals surface area contributed by atoms with Gasteiger partial charge in [-0.3, -0.25) is 14.5 Å². The lowest BCUT2D eigenvalue weighted by atomic mass is 10.1. The number of amides is 2. The van der Waals surface area contributed by atoms with Crippen molar-refractivity contribution in [2.45, 2.75) is 46.0 Å². The second-order valence-electron chi connectivity index (χ2n) is 6.14. The summed E-state index contributed by atoms with van der Waals surface area (Å²) in [7, 11) is 0. The third-order valence-electron chi connectivity index (χ3n) is 3.67. The lowest BCUT2D eigenvalue weighted by molar-refractivity contribution is -0.137. The number of carbonyl (C=O) groups excluding carboxylic acids is 2. The monoisotopic (exact) mass is 393 g/mol. The highest BCUT2D eigenvalue weighted by atomic mass is 35.5. The van der Waals surface area contributed by atoms with Gasteiger partial charge in [0.05, 0.1) is 23.8 Å². The fraction of sp³-hybridized carbons (Fsp3) is 0.529. The lowest BCUT2D eigenvalue weighted by Gasteiger charge is -2.27. The molecule has 146 valence electrons. The van der Waals surface area contributed by atoms with Crippen molar-refractivity contribution in [3.05, 3.63) is 28.8 Å². The molecule has 0 spiro atoms. The molecule has 0 aliphatic heterocycles. The molecule has 1 rings (SSSR count). The molecule has 0 aliphatic rings. The number of rotatable bonds is 7. The van der Waals surface area contributed by atoms with Crippen molar-refractivity contribution < 1.29 is 22.8 Å². The summed E-state index contributed by atoms with van der Waals surface area (Å²) in [5.74, 6) is -0.902. The van der Waals surface area contributed by atoms with Crippen molar-refractivity contribution in [2.75, 3.05) is 18.4 Å². The van der Waals surface area contributed by atoms with E-state index in [4.69, 9.17) is 11.6 Å². The van der Waals surface area contributed by atoms with Crippen molar-refractivity contribution in [1.82, 2.24) is 10.2 Å². The maximum Gasteiger partial charge on any atom is 0.418 e. The second-order valence-corrected chi connectivity index (χ2v) is 6.57. The normalized spacial score (nSPS) is 13.0. The maximum atomic E-state index is 13.1. The van der Waals surface area contributed by atoms with Crippen molar-refractivity contribution in [3.8, 4) is 0 Å². The van der Waals surface area contributed by atoms with Crippen molar-refractivity contribution in [3.63, 3.8) is 0 Å². The van der Waals surface area contributed by atoms with Gasteiger partial charge in [-0.15, -0.1) is 0 Å². The zero-order valence-electron chi connectivity index (χ0n) is 15.1. The molecule has 9 heteroatoms. The van der Waals surface area contributed by atoms with E-state index in [2.05, 4.69) is 10.6 Å². The molecule has 26 heavy (non-hydrogen) atoms. The minimum absolute atomic E-state index is 0.0317. The Balaban J connectivity index is 2.91. The highest BCUT2D eigenvalue weighted by Gasteiger charge is 2.35. The smallest absolute Gasteiger partial charge is 0.353 e. The summed E-state index contributed by atoms with van der Waals surface area (Å²) in [5.41, 5.74) is -1.40. The fourth-order valence-electron chi connectivity index (χ4n) is 2.34. The van der Waals surface area contributed by atoms with E-state index in [9.17, 15) is 22.8 Å². The fourth-order valence-corrected chi connectivity index (χ4v) is 2.51. The van der Waals surface area contributed by atoms with Gasteiger partial charge in [-0.05, 0) is 45.5 Å². The van der Waals surface area contributed by atoms with Gasteiger partial charge in [0.25, 0.3) is 0 Å². The van der Waals surface area contributed by atoms with E-state index in [1.54, 1.807) is 11.8 Å². The molecular formula is C17H23ClF3N3O2. The number of benzene rings is 1. The van der Waals surface area contributed by atoms with E-state index in [-0.39, 0.29) is 29.2 Å². The molecule has 1 aromatic carbocycles. The number of likely N-dealkylation sites (N-methyl/N-ethyl adjacent to an activating group) is 1. The Hall–Kier alpha value is -1.80. The maximum absolute atomic E-state index is 13.1. The second kappa shape index (κ2) is 9.23. The van der Waals surface area contributed by atoms with E-state index in [0.717, 1.165) is 12.1 Å². The van der Waals surface area contributed by atoms with Crippen LogP contribution in [0.5, 0.6) is 0 Å². The number of nitrogens with zero attached hydrogens (tertiary/aromatic N) is 1. The molecule has 0 radical (unpaired) electrons. The SMILES string of the molecule is CCN(CC(=O)NC(C)C)C(C)C(=O)Nc1ccc(Cl)cc1C(F)(F)F. The first kappa shape index (κ1) is 22.2. The third-order valence-corrected chi connectivity index (χ3v) is 3.91. The van der Waals surface area contributed by atoms with Gasteiger partial charge in [0.15, 0.2) is 0 Å². The van der Waals surface area contributed by atoms with Crippen LogP contribution in [0.3, 0.4) is 0 Å². The van der Waals surface area contributed by atoms with Crippen LogP contribution in [0.15, 0.2) is 18.2 Å². The summed E-state index contributed by atoms with van der Waals surface area (Å²) in [5, 5.41) is 4.91. The van der Waals surface area contributed by atoms with Gasteiger partial charge in [0.1, 0.15) is 0 Å². The number of nitrogens with one attached hydrogen (secondary N) is 2. The number of carbonyl (C=O) groups is 2. The molecule has 1 aromatic rings. The number of anilines is 1. The van der Waals surface area contributed by atoms with Crippen LogP contribution in [-0.4, -0.2) is 41.9 Å². The molecule has 0 heterocycles. The predicted molar refractivity (Wildman–Crippen MR) is 95.1 cm³/mol. The standard InChI is InChI=1S/C17H23ClF3N3O2/c1-5-24(9-15(25)22-10(2)3)11(4)16(26)23-14-7-6-12(18)8-13(14)17(19,20)21/h6-8,10-11H,5,9H2,1-4H3,(H,22,25)(H,23,26). The van der Waals surface area contributed by atoms with Crippen LogP contribution >= 0.6 is 11.6 Å². The van der Waals surface area contributed by atoms with Crippen molar-refractivity contribution >= 4 is 29.1 Å². The molecule has 2 amide bonds. The first-order valence-corrected chi connectivity index (χ1v) is 8.54. The Morgan fingerprint density at radius 2 is 1.85 bits per heavy atom. The predicted octanol–water partition coefficient (Wildman–Crippen LogP) is 3.53. The van der Waals surface area contributed by atoms with Crippen molar-refractivity contribution in [1.29, 1.82) is 0 Å². The molecule has 0 fully saturated rings. The summed E-state index contributed by atoms with van der Waals surface area (Å²) in [6, 6.07) is 2.29. The van der Waals surface area contributed by atoms with Crippen LogP contribution in [0.2, 0.25) is 5.02 Å². The van der Waals surface area contributed by atoms with Crippen molar-refractivity contribution in [2.24, 2.45) is 0 Å². The number of hydrogen-bond acceptors (Lipinski definition) is 3. The van der Waals surface area contributed by atoms with Gasteiger partial charge < -0.3 is 10.6 Å². The number of hydrogen-bond donors (Lipinski definition) is 2. The Labute approximate surface area is 155 Å². The molecule has 0 aromatic heterocycles. The zero-order chi connectivity index (χ0) is 20.1. The minimum Gasteiger partial charge on any atom is -0.353 e. The summed E-state index contributed by atoms with van der Waals surface area (Å²) in [6.45, 7) is 7.26. The van der Waals surface area contributed by atoms with E-state index >= 15 is 0 Å². The van der Waals surface area contributed by atoms with E-state index in [0.29, 0.717) is 6.54 Å². The van der Waals surface area contributed by atoms with Gasteiger partial charge in [0.2, 0.25) is 11.8 Å². The molecule has 2 N–H and O–H groups in total. The molecular weight excluding hydrogens is 371 g/mol. The van der Waals surface area contributed by atoms with Gasteiger partial charge in [-0.2, -0.15) is 13.2 Å². The zero-order valence-corrected chi connectivity index (χ0v) is 15.8. The Morgan fingerprint density at radius 3 is 2.35 bits per heavy atom. The average Bonchev–Trinajstić information content (AvgIpc) is 2.51. The van der Waals surface area contributed by atoms with Gasteiger partial charge in [-0.1, -0.05) is 18.5 Å². The largest absolute Gasteiger partial charge is 0.418 e. The molecule has 1 unspecified atom stereocenters. The molecule has 5 nitrogen and oxygen atoms in total. The van der Waals surface area contributed by atoms with E-state index < -0.39 is 23.7 Å². The van der Waals surface area contributed by atoms with Gasteiger partial charge in [0, 0.05) is 11.1 Å². The van der Waals surface area contributed by atoms with Gasteiger partial charge >= 0.3 is 6.18 Å². The van der Waals surface area contributed by atoms with Crippen LogP contribution in [0.25, 0.3) is 0 Å². The molecule has 1 atom stereocenters. The van der Waals surface area contributed by atoms with Crippen LogP contribution < -0.4 is 10.6 Å². The Bertz CT molecular complexity index is 651. The number of halogens is 4. The topological polar surface area (TPSA) is 61.4 Å². The molecule has 0 bridgehead atoms. The van der Waals surface area contributed by atoms with E-state index in [1.807, 2.05) is 13.8 Å². The van der Waals surface area contributed by atoms with E-state index in [1.165, 1.54) is 13.0 Å². The minimum atomic E-state index is -4.65. The van der Waals surface area contributed by atoms with Crippen LogP contribution in [0, 0.1) is 0 Å². The molecule has 0 saturated carbocycles. The van der Waals surface area contributed by atoms with Crippen LogP contribution in [0.1, 0.15) is 33.3 Å². The third kappa shape index (κ3) is 6.49. The first-order chi connectivity index (χ1) is 12.0. The average molecular weight is 394 g/mol. The Morgan fingerprint density at radius 1 is 1.23 bits per heavy atom. The Kier molecular flexibility index (Phi) is 7.89. The molecule has 0 aliphatic carbocycles. The highest BCUT2D eigenvalue weighted by molar-refractivity contribution is 6.30. The number of alkyl halides is 3. The quantitative estimate of drug-likeness (QED) is 0.745. The highest BCUT2D eigenvalue weighted by Crippen LogP contribution is 2.36. The summed E-state index contributed by atoms with van der Waals surface area (Å²) < 4.78 is 39.4. The molecule has 0 saturated heterocycles. The summed E-state index contributed by atoms with van der Waals surface area (Å²) in [6.07, 6.45) is -4.65. The first-order valence-electron chi connectivity index (χ1n) is 8.16.